The molecule has 1 atom stereocenters. The molecule has 2 rings (SSSR count). The molecule has 1 aliphatic rings. The average Bonchev–Trinajstić information content (AvgIpc) is 2.71. The topological polar surface area (TPSA) is 55.2 Å². The SMILES string of the molecule is O=[N+]([O-])c1ccc(C2NCCS2)cc1. The summed E-state index contributed by atoms with van der Waals surface area (Å²) < 4.78 is 0. The molecular formula is C9H10N2O2S. The Morgan fingerprint density at radius 2 is 2.14 bits per heavy atom. The van der Waals surface area contributed by atoms with Gasteiger partial charge in [-0.1, -0.05) is 0 Å². The van der Waals surface area contributed by atoms with E-state index in [0.29, 0.717) is 5.37 Å². The number of rotatable bonds is 2. The highest BCUT2D eigenvalue weighted by Crippen LogP contribution is 2.30. The van der Waals surface area contributed by atoms with Gasteiger partial charge in [0.2, 0.25) is 0 Å². The van der Waals surface area contributed by atoms with Gasteiger partial charge >= 0.3 is 0 Å². The molecule has 1 unspecified atom stereocenters. The van der Waals surface area contributed by atoms with Crippen LogP contribution in [0.5, 0.6) is 0 Å². The van der Waals surface area contributed by atoms with E-state index in [4.69, 9.17) is 0 Å². The van der Waals surface area contributed by atoms with Gasteiger partial charge in [-0.15, -0.1) is 11.8 Å². The molecule has 1 fully saturated rings. The Hall–Kier alpha value is -1.07. The lowest BCUT2D eigenvalue weighted by molar-refractivity contribution is -0.384. The van der Waals surface area contributed by atoms with Crippen molar-refractivity contribution in [3.05, 3.63) is 39.9 Å². The van der Waals surface area contributed by atoms with Crippen LogP contribution in [-0.4, -0.2) is 17.2 Å². The highest BCUT2D eigenvalue weighted by molar-refractivity contribution is 7.99. The second-order valence-corrected chi connectivity index (χ2v) is 4.27. The second-order valence-electron chi connectivity index (χ2n) is 3.05. The molecule has 0 aliphatic carbocycles. The van der Waals surface area contributed by atoms with E-state index in [-0.39, 0.29) is 10.6 Å². The minimum Gasteiger partial charge on any atom is -0.301 e. The monoisotopic (exact) mass is 210 g/mol. The Morgan fingerprint density at radius 1 is 1.43 bits per heavy atom. The minimum absolute atomic E-state index is 0.150. The first kappa shape index (κ1) is 9.48. The average molecular weight is 210 g/mol. The number of hydrogen-bond acceptors (Lipinski definition) is 4. The summed E-state index contributed by atoms with van der Waals surface area (Å²) in [6.45, 7) is 1.01. The first-order chi connectivity index (χ1) is 6.77. The van der Waals surface area contributed by atoms with E-state index in [1.807, 2.05) is 23.9 Å². The van der Waals surface area contributed by atoms with E-state index in [1.54, 1.807) is 12.1 Å². The van der Waals surface area contributed by atoms with Crippen LogP contribution in [0.1, 0.15) is 10.9 Å². The molecule has 1 saturated heterocycles. The Balaban J connectivity index is 2.16. The van der Waals surface area contributed by atoms with E-state index >= 15 is 0 Å². The van der Waals surface area contributed by atoms with E-state index in [2.05, 4.69) is 5.32 Å². The zero-order valence-electron chi connectivity index (χ0n) is 7.47. The van der Waals surface area contributed by atoms with Gasteiger partial charge in [0.15, 0.2) is 0 Å². The zero-order valence-corrected chi connectivity index (χ0v) is 8.29. The van der Waals surface area contributed by atoms with Gasteiger partial charge in [0, 0.05) is 24.4 Å². The van der Waals surface area contributed by atoms with Crippen LogP contribution in [-0.2, 0) is 0 Å². The minimum atomic E-state index is -0.376. The van der Waals surface area contributed by atoms with Crippen molar-refractivity contribution in [2.75, 3.05) is 12.3 Å². The molecule has 0 saturated carbocycles. The van der Waals surface area contributed by atoms with Gasteiger partial charge in [-0.3, -0.25) is 10.1 Å². The summed E-state index contributed by atoms with van der Waals surface area (Å²) in [6, 6.07) is 6.73. The predicted octanol–water partition coefficient (Wildman–Crippen LogP) is 1.93. The number of nitro groups is 1. The Kier molecular flexibility index (Phi) is 2.69. The van der Waals surface area contributed by atoms with Crippen molar-refractivity contribution in [2.45, 2.75) is 5.37 Å². The summed E-state index contributed by atoms with van der Waals surface area (Å²) in [5.74, 6) is 1.10. The van der Waals surface area contributed by atoms with Gasteiger partial charge in [0.05, 0.1) is 10.3 Å². The van der Waals surface area contributed by atoms with Crippen molar-refractivity contribution in [1.82, 2.24) is 5.32 Å². The lowest BCUT2D eigenvalue weighted by Crippen LogP contribution is -2.11. The fourth-order valence-corrected chi connectivity index (χ4v) is 2.47. The van der Waals surface area contributed by atoms with E-state index in [9.17, 15) is 10.1 Å². The quantitative estimate of drug-likeness (QED) is 0.598. The maximum Gasteiger partial charge on any atom is 0.269 e. The van der Waals surface area contributed by atoms with E-state index in [1.165, 1.54) is 0 Å². The molecule has 74 valence electrons. The highest BCUT2D eigenvalue weighted by Gasteiger charge is 2.17. The number of nitrogens with zero attached hydrogens (tertiary/aromatic N) is 1. The molecular weight excluding hydrogens is 200 g/mol. The first-order valence-electron chi connectivity index (χ1n) is 4.37. The van der Waals surface area contributed by atoms with Crippen LogP contribution in [0.3, 0.4) is 0 Å². The molecule has 1 aromatic carbocycles. The molecule has 14 heavy (non-hydrogen) atoms. The van der Waals surface area contributed by atoms with Crippen LogP contribution in [0.15, 0.2) is 24.3 Å². The second kappa shape index (κ2) is 3.98. The van der Waals surface area contributed by atoms with Crippen molar-refractivity contribution in [3.8, 4) is 0 Å². The smallest absolute Gasteiger partial charge is 0.269 e. The van der Waals surface area contributed by atoms with Crippen molar-refractivity contribution >= 4 is 17.4 Å². The van der Waals surface area contributed by atoms with E-state index in [0.717, 1.165) is 17.9 Å². The van der Waals surface area contributed by atoms with Gasteiger partial charge < -0.3 is 5.32 Å². The Bertz CT molecular complexity index is 333. The maximum atomic E-state index is 10.4. The van der Waals surface area contributed by atoms with Gasteiger partial charge in [-0.25, -0.2) is 0 Å². The number of benzene rings is 1. The van der Waals surface area contributed by atoms with Crippen LogP contribution in [0.2, 0.25) is 0 Å². The number of nitrogens with one attached hydrogen (secondary N) is 1. The van der Waals surface area contributed by atoms with Crippen molar-refractivity contribution < 1.29 is 4.92 Å². The molecule has 0 spiro atoms. The Morgan fingerprint density at radius 3 is 2.64 bits per heavy atom. The van der Waals surface area contributed by atoms with Crippen molar-refractivity contribution in [1.29, 1.82) is 0 Å². The summed E-state index contributed by atoms with van der Waals surface area (Å²) >= 11 is 1.83. The lowest BCUT2D eigenvalue weighted by atomic mass is 10.2. The Labute approximate surface area is 85.8 Å². The van der Waals surface area contributed by atoms with Crippen LogP contribution < -0.4 is 5.32 Å². The molecule has 0 aromatic heterocycles. The third-order valence-electron chi connectivity index (χ3n) is 2.12. The molecule has 4 nitrogen and oxygen atoms in total. The number of hydrogen-bond donors (Lipinski definition) is 1. The largest absolute Gasteiger partial charge is 0.301 e. The molecule has 0 radical (unpaired) electrons. The van der Waals surface area contributed by atoms with Gasteiger partial charge in [-0.2, -0.15) is 0 Å². The van der Waals surface area contributed by atoms with Gasteiger partial charge in [0.1, 0.15) is 0 Å². The molecule has 0 amide bonds. The summed E-state index contributed by atoms with van der Waals surface area (Å²) in [5.41, 5.74) is 1.26. The molecule has 1 aromatic rings. The molecule has 5 heteroatoms. The normalized spacial score (nSPS) is 21.0. The fraction of sp³-hybridized carbons (Fsp3) is 0.333. The van der Waals surface area contributed by atoms with Crippen LogP contribution >= 0.6 is 11.8 Å². The molecule has 0 bridgehead atoms. The summed E-state index contributed by atoms with van der Waals surface area (Å²) in [4.78, 5) is 10.0. The predicted molar refractivity (Wildman–Crippen MR) is 56.3 cm³/mol. The summed E-state index contributed by atoms with van der Waals surface area (Å²) in [7, 11) is 0. The zero-order chi connectivity index (χ0) is 9.97. The van der Waals surface area contributed by atoms with Crippen molar-refractivity contribution in [2.24, 2.45) is 0 Å². The summed E-state index contributed by atoms with van der Waals surface area (Å²) in [6.07, 6.45) is 0. The first-order valence-corrected chi connectivity index (χ1v) is 5.41. The number of thioether (sulfide) groups is 1. The lowest BCUT2D eigenvalue weighted by Gasteiger charge is -2.08. The van der Waals surface area contributed by atoms with Gasteiger partial charge in [-0.05, 0) is 17.7 Å². The number of nitro benzene ring substituents is 1. The standard InChI is InChI=1S/C9H10N2O2S/c12-11(13)8-3-1-7(2-4-8)9-10-5-6-14-9/h1-4,9-10H,5-6H2. The maximum absolute atomic E-state index is 10.4. The van der Waals surface area contributed by atoms with Gasteiger partial charge in [0.25, 0.3) is 5.69 Å². The molecule has 1 aliphatic heterocycles. The molecule has 1 heterocycles. The highest BCUT2D eigenvalue weighted by atomic mass is 32.2. The van der Waals surface area contributed by atoms with Crippen LogP contribution in [0, 0.1) is 10.1 Å². The fourth-order valence-electron chi connectivity index (χ4n) is 1.41. The summed E-state index contributed by atoms with van der Waals surface area (Å²) in [5, 5.41) is 14.0. The van der Waals surface area contributed by atoms with E-state index < -0.39 is 0 Å². The third kappa shape index (κ3) is 1.88. The third-order valence-corrected chi connectivity index (χ3v) is 3.33. The molecule has 1 N–H and O–H groups in total. The van der Waals surface area contributed by atoms with Crippen LogP contribution in [0.4, 0.5) is 5.69 Å². The number of non-ortho nitro benzene ring substituents is 1. The van der Waals surface area contributed by atoms with Crippen molar-refractivity contribution in [3.63, 3.8) is 0 Å². The van der Waals surface area contributed by atoms with Crippen LogP contribution in [0.25, 0.3) is 0 Å².